The number of hydrogen-bond donors (Lipinski definition) is 1. The fourth-order valence-corrected chi connectivity index (χ4v) is 0.710. The first-order valence-electron chi connectivity index (χ1n) is 4.70. The lowest BCUT2D eigenvalue weighted by molar-refractivity contribution is -0.154. The van der Waals surface area contributed by atoms with Crippen LogP contribution in [0.15, 0.2) is 0 Å². The van der Waals surface area contributed by atoms with E-state index in [1.54, 1.807) is 0 Å². The monoisotopic (exact) mass is 188 g/mol. The van der Waals surface area contributed by atoms with Crippen LogP contribution in [-0.2, 0) is 9.53 Å². The summed E-state index contributed by atoms with van der Waals surface area (Å²) in [5.74, 6) is -0.134. The third kappa shape index (κ3) is 4.88. The Labute approximate surface area is 80.1 Å². The molecule has 0 rings (SSSR count). The van der Waals surface area contributed by atoms with Crippen LogP contribution in [0.2, 0.25) is 0 Å². The van der Waals surface area contributed by atoms with Crippen molar-refractivity contribution in [2.45, 2.75) is 34.1 Å². The van der Waals surface area contributed by atoms with Gasteiger partial charge in [-0.25, -0.2) is 0 Å². The molecule has 3 heteroatoms. The molecule has 3 nitrogen and oxygen atoms in total. The van der Waals surface area contributed by atoms with E-state index in [0.29, 0.717) is 6.61 Å². The molecule has 0 amide bonds. The molecule has 13 heavy (non-hydrogen) atoms. The van der Waals surface area contributed by atoms with Gasteiger partial charge in [0.25, 0.3) is 0 Å². The predicted molar refractivity (Wildman–Crippen MR) is 51.3 cm³/mol. The second-order valence-corrected chi connectivity index (χ2v) is 4.31. The fourth-order valence-electron chi connectivity index (χ4n) is 0.710. The highest BCUT2D eigenvalue weighted by Crippen LogP contribution is 2.16. The molecule has 0 fully saturated rings. The zero-order chi connectivity index (χ0) is 10.5. The van der Waals surface area contributed by atoms with E-state index >= 15 is 0 Å². The molecule has 0 radical (unpaired) electrons. The van der Waals surface area contributed by atoms with Gasteiger partial charge in [0.05, 0.1) is 12.0 Å². The van der Waals surface area contributed by atoms with Gasteiger partial charge >= 0.3 is 5.97 Å². The summed E-state index contributed by atoms with van der Waals surface area (Å²) >= 11 is 0. The number of rotatable bonds is 4. The molecular formula is C10H20O3. The number of esters is 1. The summed E-state index contributed by atoms with van der Waals surface area (Å²) in [5.41, 5.74) is -0.451. The van der Waals surface area contributed by atoms with E-state index in [1.807, 2.05) is 27.7 Å². The maximum atomic E-state index is 11.3. The van der Waals surface area contributed by atoms with Crippen LogP contribution in [0.3, 0.4) is 0 Å². The Balaban J connectivity index is 3.82. The zero-order valence-electron chi connectivity index (χ0n) is 8.96. The Morgan fingerprint density at radius 2 is 2.00 bits per heavy atom. The number of ether oxygens (including phenoxy) is 1. The molecule has 0 aromatic heterocycles. The highest BCUT2D eigenvalue weighted by Gasteiger charge is 2.23. The standard InChI is InChI=1S/C10H20O3/c1-5-8(6-11)7-13-9(12)10(2,3)4/h8,11H,5-7H2,1-4H3. The summed E-state index contributed by atoms with van der Waals surface area (Å²) in [6.07, 6.45) is 0.827. The van der Waals surface area contributed by atoms with Crippen molar-refractivity contribution in [3.63, 3.8) is 0 Å². The fraction of sp³-hybridized carbons (Fsp3) is 0.900. The molecule has 0 heterocycles. The van der Waals surface area contributed by atoms with Crippen molar-refractivity contribution in [3.05, 3.63) is 0 Å². The van der Waals surface area contributed by atoms with Crippen LogP contribution in [0.1, 0.15) is 34.1 Å². The Bertz CT molecular complexity index is 154. The molecule has 1 atom stereocenters. The lowest BCUT2D eigenvalue weighted by atomic mass is 9.97. The van der Waals surface area contributed by atoms with Gasteiger partial charge in [-0.05, 0) is 27.2 Å². The van der Waals surface area contributed by atoms with Crippen LogP contribution < -0.4 is 0 Å². The second-order valence-electron chi connectivity index (χ2n) is 4.31. The zero-order valence-corrected chi connectivity index (χ0v) is 8.96. The van der Waals surface area contributed by atoms with Gasteiger partial charge < -0.3 is 9.84 Å². The van der Waals surface area contributed by atoms with Gasteiger partial charge in [-0.2, -0.15) is 0 Å². The Hall–Kier alpha value is -0.570. The quantitative estimate of drug-likeness (QED) is 0.681. The summed E-state index contributed by atoms with van der Waals surface area (Å²) in [7, 11) is 0. The maximum Gasteiger partial charge on any atom is 0.311 e. The molecular weight excluding hydrogens is 168 g/mol. The van der Waals surface area contributed by atoms with Crippen molar-refractivity contribution < 1.29 is 14.6 Å². The lowest BCUT2D eigenvalue weighted by Crippen LogP contribution is -2.26. The van der Waals surface area contributed by atoms with Crippen molar-refractivity contribution in [2.24, 2.45) is 11.3 Å². The van der Waals surface area contributed by atoms with E-state index < -0.39 is 5.41 Å². The molecule has 78 valence electrons. The van der Waals surface area contributed by atoms with Gasteiger partial charge in [-0.15, -0.1) is 0 Å². The molecule has 0 aromatic carbocycles. The number of aliphatic hydroxyl groups is 1. The van der Waals surface area contributed by atoms with Crippen molar-refractivity contribution >= 4 is 5.97 Å². The highest BCUT2D eigenvalue weighted by molar-refractivity contribution is 5.75. The minimum atomic E-state index is -0.451. The molecule has 1 unspecified atom stereocenters. The van der Waals surface area contributed by atoms with Gasteiger partial charge in [-0.1, -0.05) is 6.92 Å². The van der Waals surface area contributed by atoms with Crippen LogP contribution in [0.4, 0.5) is 0 Å². The normalized spacial score (nSPS) is 13.9. The summed E-state index contributed by atoms with van der Waals surface area (Å²) in [5, 5.41) is 8.85. The first-order valence-corrected chi connectivity index (χ1v) is 4.70. The molecule has 0 saturated carbocycles. The van der Waals surface area contributed by atoms with Crippen molar-refractivity contribution in [1.82, 2.24) is 0 Å². The van der Waals surface area contributed by atoms with Crippen molar-refractivity contribution in [1.29, 1.82) is 0 Å². The largest absolute Gasteiger partial charge is 0.465 e. The third-order valence-corrected chi connectivity index (χ3v) is 1.90. The van der Waals surface area contributed by atoms with E-state index in [-0.39, 0.29) is 18.5 Å². The van der Waals surface area contributed by atoms with E-state index in [9.17, 15) is 4.79 Å². The molecule has 0 aromatic rings. The summed E-state index contributed by atoms with van der Waals surface area (Å²) < 4.78 is 5.05. The van der Waals surface area contributed by atoms with Gasteiger partial charge in [0.15, 0.2) is 0 Å². The second kappa shape index (κ2) is 5.22. The van der Waals surface area contributed by atoms with Gasteiger partial charge in [-0.3, -0.25) is 4.79 Å². The smallest absolute Gasteiger partial charge is 0.311 e. The minimum Gasteiger partial charge on any atom is -0.465 e. The van der Waals surface area contributed by atoms with Crippen molar-refractivity contribution in [2.75, 3.05) is 13.2 Å². The van der Waals surface area contributed by atoms with E-state index in [0.717, 1.165) is 6.42 Å². The Morgan fingerprint density at radius 3 is 2.31 bits per heavy atom. The summed E-state index contributed by atoms with van der Waals surface area (Å²) in [6.45, 7) is 7.81. The maximum absolute atomic E-state index is 11.3. The van der Waals surface area contributed by atoms with E-state index in [1.165, 1.54) is 0 Å². The topological polar surface area (TPSA) is 46.5 Å². The van der Waals surface area contributed by atoms with Gasteiger partial charge in [0.2, 0.25) is 0 Å². The molecule has 0 bridgehead atoms. The average molecular weight is 188 g/mol. The molecule has 0 aliphatic heterocycles. The Kier molecular flexibility index (Phi) is 4.99. The number of hydrogen-bond acceptors (Lipinski definition) is 3. The number of carbonyl (C=O) groups excluding carboxylic acids is 1. The first-order chi connectivity index (χ1) is 5.91. The number of carbonyl (C=O) groups is 1. The molecule has 1 N–H and O–H groups in total. The lowest BCUT2D eigenvalue weighted by Gasteiger charge is -2.19. The van der Waals surface area contributed by atoms with Gasteiger partial charge in [0, 0.05) is 12.5 Å². The minimum absolute atomic E-state index is 0.0753. The van der Waals surface area contributed by atoms with E-state index in [4.69, 9.17) is 9.84 Å². The average Bonchev–Trinajstić information content (AvgIpc) is 2.04. The van der Waals surface area contributed by atoms with Crippen LogP contribution in [0.25, 0.3) is 0 Å². The molecule has 0 saturated heterocycles. The summed E-state index contributed by atoms with van der Waals surface area (Å²) in [6, 6.07) is 0. The molecule has 0 spiro atoms. The summed E-state index contributed by atoms with van der Waals surface area (Å²) in [4.78, 5) is 11.3. The van der Waals surface area contributed by atoms with Gasteiger partial charge in [0.1, 0.15) is 0 Å². The van der Waals surface area contributed by atoms with Crippen LogP contribution in [0, 0.1) is 11.3 Å². The number of aliphatic hydroxyl groups excluding tert-OH is 1. The molecule has 0 aliphatic rings. The SMILES string of the molecule is CCC(CO)COC(=O)C(C)(C)C. The highest BCUT2D eigenvalue weighted by atomic mass is 16.5. The van der Waals surface area contributed by atoms with E-state index in [2.05, 4.69) is 0 Å². The first kappa shape index (κ1) is 12.4. The Morgan fingerprint density at radius 1 is 1.46 bits per heavy atom. The van der Waals surface area contributed by atoms with Crippen LogP contribution in [-0.4, -0.2) is 24.3 Å². The molecule has 0 aliphatic carbocycles. The van der Waals surface area contributed by atoms with Crippen LogP contribution in [0.5, 0.6) is 0 Å². The predicted octanol–water partition coefficient (Wildman–Crippen LogP) is 1.59. The third-order valence-electron chi connectivity index (χ3n) is 1.90. The van der Waals surface area contributed by atoms with Crippen LogP contribution >= 0.6 is 0 Å². The van der Waals surface area contributed by atoms with Crippen molar-refractivity contribution in [3.8, 4) is 0 Å².